The molecule has 1 rings (SSSR count). The molecule has 0 heterocycles. The summed E-state index contributed by atoms with van der Waals surface area (Å²) < 4.78 is 22.2. The molecule has 0 bridgehead atoms. The van der Waals surface area contributed by atoms with Crippen molar-refractivity contribution < 1.29 is 18.1 Å². The van der Waals surface area contributed by atoms with E-state index in [1.54, 1.807) is 0 Å². The van der Waals surface area contributed by atoms with Crippen molar-refractivity contribution in [1.82, 2.24) is 0 Å². The van der Waals surface area contributed by atoms with Gasteiger partial charge in [-0.2, -0.15) is 0 Å². The first-order valence-electron chi connectivity index (χ1n) is 4.25. The number of nitro groups is 1. The van der Waals surface area contributed by atoms with Crippen molar-refractivity contribution in [2.45, 2.75) is 10.9 Å². The molecule has 0 saturated carbocycles. The molecule has 1 aromatic rings. The summed E-state index contributed by atoms with van der Waals surface area (Å²) in [5.41, 5.74) is 0.160. The molecule has 0 spiro atoms. The fourth-order valence-electron chi connectivity index (χ4n) is 1.16. The highest BCUT2D eigenvalue weighted by Gasteiger charge is 2.21. The zero-order chi connectivity index (χ0) is 12.3. The molecule has 0 aliphatic heterocycles. The van der Waals surface area contributed by atoms with Gasteiger partial charge in [0.25, 0.3) is 6.04 Å². The molecule has 0 aliphatic carbocycles. The molecule has 6 nitrogen and oxygen atoms in total. The van der Waals surface area contributed by atoms with E-state index in [1.807, 2.05) is 0 Å². The minimum atomic E-state index is -3.33. The summed E-state index contributed by atoms with van der Waals surface area (Å²) in [6, 6.07) is 3.56. The lowest BCUT2D eigenvalue weighted by Gasteiger charge is -2.03. The molecular weight excluding hydrogens is 234 g/mol. The zero-order valence-corrected chi connectivity index (χ0v) is 9.18. The largest absolute Gasteiger partial charge is 0.295 e. The Hall–Kier alpha value is -1.76. The van der Waals surface area contributed by atoms with E-state index in [-0.39, 0.29) is 16.7 Å². The number of aldehydes is 1. The lowest BCUT2D eigenvalue weighted by Crippen LogP contribution is -2.11. The van der Waals surface area contributed by atoms with E-state index in [0.717, 1.165) is 6.26 Å². The second-order valence-corrected chi connectivity index (χ2v) is 5.22. The maximum Gasteiger partial charge on any atom is 0.292 e. The summed E-state index contributed by atoms with van der Waals surface area (Å²) in [6.07, 6.45) is 1.24. The van der Waals surface area contributed by atoms with Crippen LogP contribution in [0.4, 0.5) is 0 Å². The van der Waals surface area contributed by atoms with Crippen LogP contribution in [-0.4, -0.2) is 25.9 Å². The summed E-state index contributed by atoms with van der Waals surface area (Å²) in [6.45, 7) is 0. The van der Waals surface area contributed by atoms with E-state index in [1.165, 1.54) is 24.3 Å². The Labute approximate surface area is 92.0 Å². The van der Waals surface area contributed by atoms with Gasteiger partial charge in [0.2, 0.25) is 0 Å². The van der Waals surface area contributed by atoms with Gasteiger partial charge in [-0.25, -0.2) is 8.42 Å². The first-order valence-corrected chi connectivity index (χ1v) is 6.14. The molecule has 1 atom stereocenters. The summed E-state index contributed by atoms with van der Waals surface area (Å²) in [5, 5.41) is 10.5. The minimum Gasteiger partial charge on any atom is -0.295 e. The number of carbonyl (C=O) groups excluding carboxylic acids is 1. The van der Waals surface area contributed by atoms with Gasteiger partial charge in [0, 0.05) is 16.7 Å². The predicted octanol–water partition coefficient (Wildman–Crippen LogP) is 0.607. The van der Waals surface area contributed by atoms with E-state index >= 15 is 0 Å². The van der Waals surface area contributed by atoms with Crippen LogP contribution in [0.15, 0.2) is 29.2 Å². The van der Waals surface area contributed by atoms with Crippen molar-refractivity contribution in [2.75, 3.05) is 6.26 Å². The van der Waals surface area contributed by atoms with Gasteiger partial charge in [-0.1, -0.05) is 12.1 Å². The monoisotopic (exact) mass is 243 g/mol. The molecule has 0 aromatic heterocycles. The normalized spacial score (nSPS) is 13.1. The van der Waals surface area contributed by atoms with E-state index in [0.29, 0.717) is 0 Å². The highest BCUT2D eigenvalue weighted by atomic mass is 32.2. The fourth-order valence-corrected chi connectivity index (χ4v) is 1.79. The molecular formula is C9H9NO5S. The third kappa shape index (κ3) is 2.63. The third-order valence-corrected chi connectivity index (χ3v) is 3.13. The van der Waals surface area contributed by atoms with Crippen molar-refractivity contribution in [2.24, 2.45) is 0 Å². The molecule has 0 aliphatic rings. The second-order valence-electron chi connectivity index (χ2n) is 3.21. The Kier molecular flexibility index (Phi) is 3.38. The van der Waals surface area contributed by atoms with Gasteiger partial charge < -0.3 is 0 Å². The standard InChI is InChI=1S/C9H9NO5S/c1-16(14,15)8-4-2-7(3-5-8)9(6-11)10(12)13/h2-6,9H,1H3. The van der Waals surface area contributed by atoms with Crippen LogP contribution in [0, 0.1) is 10.1 Å². The Balaban J connectivity index is 3.12. The van der Waals surface area contributed by atoms with Crippen molar-refractivity contribution in [3.63, 3.8) is 0 Å². The quantitative estimate of drug-likeness (QED) is 0.438. The lowest BCUT2D eigenvalue weighted by atomic mass is 10.1. The minimum absolute atomic E-state index is 0.0595. The summed E-state index contributed by atoms with van der Waals surface area (Å²) in [4.78, 5) is 20.3. The van der Waals surface area contributed by atoms with Gasteiger partial charge in [0.05, 0.1) is 4.90 Å². The van der Waals surface area contributed by atoms with E-state index < -0.39 is 20.8 Å². The number of rotatable bonds is 4. The number of hydrogen-bond donors (Lipinski definition) is 0. The smallest absolute Gasteiger partial charge is 0.292 e. The van der Waals surface area contributed by atoms with Crippen LogP contribution in [0.5, 0.6) is 0 Å². The highest BCUT2D eigenvalue weighted by molar-refractivity contribution is 7.90. The maximum atomic E-state index is 11.1. The Morgan fingerprint density at radius 3 is 2.12 bits per heavy atom. The van der Waals surface area contributed by atoms with Gasteiger partial charge in [-0.3, -0.25) is 14.9 Å². The van der Waals surface area contributed by atoms with Gasteiger partial charge >= 0.3 is 0 Å². The van der Waals surface area contributed by atoms with Gasteiger partial charge in [-0.15, -0.1) is 0 Å². The molecule has 0 saturated heterocycles. The molecule has 86 valence electrons. The van der Waals surface area contributed by atoms with Crippen LogP contribution in [0.2, 0.25) is 0 Å². The molecule has 1 aromatic carbocycles. The van der Waals surface area contributed by atoms with Crippen LogP contribution < -0.4 is 0 Å². The van der Waals surface area contributed by atoms with Crippen LogP contribution in [0.25, 0.3) is 0 Å². The molecule has 0 fully saturated rings. The summed E-state index contributed by atoms with van der Waals surface area (Å²) >= 11 is 0. The molecule has 0 radical (unpaired) electrons. The molecule has 0 amide bonds. The Morgan fingerprint density at radius 2 is 1.81 bits per heavy atom. The van der Waals surface area contributed by atoms with Gasteiger partial charge in [0.15, 0.2) is 16.1 Å². The molecule has 7 heteroatoms. The second kappa shape index (κ2) is 4.40. The number of nitrogens with zero attached hydrogens (tertiary/aromatic N) is 1. The Bertz CT molecular complexity index is 505. The number of carbonyl (C=O) groups is 1. The van der Waals surface area contributed by atoms with Gasteiger partial charge in [-0.05, 0) is 12.1 Å². The maximum absolute atomic E-state index is 11.1. The van der Waals surface area contributed by atoms with E-state index in [9.17, 15) is 23.3 Å². The van der Waals surface area contributed by atoms with Crippen LogP contribution in [0.3, 0.4) is 0 Å². The van der Waals surface area contributed by atoms with Crippen LogP contribution in [0.1, 0.15) is 11.6 Å². The lowest BCUT2D eigenvalue weighted by molar-refractivity contribution is -0.511. The first kappa shape index (κ1) is 12.3. The summed E-state index contributed by atoms with van der Waals surface area (Å²) in [7, 11) is -3.33. The fraction of sp³-hybridized carbons (Fsp3) is 0.222. The topological polar surface area (TPSA) is 94.3 Å². The predicted molar refractivity (Wildman–Crippen MR) is 55.4 cm³/mol. The number of benzene rings is 1. The average Bonchev–Trinajstić information content (AvgIpc) is 2.17. The van der Waals surface area contributed by atoms with E-state index in [4.69, 9.17) is 0 Å². The SMILES string of the molecule is CS(=O)(=O)c1ccc(C(C=O)[N+](=O)[O-])cc1. The third-order valence-electron chi connectivity index (χ3n) is 2.01. The molecule has 16 heavy (non-hydrogen) atoms. The highest BCUT2D eigenvalue weighted by Crippen LogP contribution is 2.17. The number of hydrogen-bond acceptors (Lipinski definition) is 5. The summed E-state index contributed by atoms with van der Waals surface area (Å²) in [5.74, 6) is 0. The van der Waals surface area contributed by atoms with Crippen LogP contribution >= 0.6 is 0 Å². The molecule has 0 N–H and O–H groups in total. The van der Waals surface area contributed by atoms with Crippen molar-refractivity contribution >= 4 is 16.1 Å². The number of sulfone groups is 1. The van der Waals surface area contributed by atoms with Crippen molar-refractivity contribution in [3.8, 4) is 0 Å². The van der Waals surface area contributed by atoms with Crippen molar-refractivity contribution in [3.05, 3.63) is 39.9 Å². The van der Waals surface area contributed by atoms with Crippen molar-refractivity contribution in [1.29, 1.82) is 0 Å². The van der Waals surface area contributed by atoms with Gasteiger partial charge in [0.1, 0.15) is 0 Å². The zero-order valence-electron chi connectivity index (χ0n) is 8.36. The average molecular weight is 243 g/mol. The Morgan fingerprint density at radius 1 is 1.31 bits per heavy atom. The van der Waals surface area contributed by atoms with E-state index in [2.05, 4.69) is 0 Å². The van der Waals surface area contributed by atoms with Crippen LogP contribution in [-0.2, 0) is 14.6 Å². The molecule has 1 unspecified atom stereocenters. The first-order chi connectivity index (χ1) is 7.36.